The smallest absolute Gasteiger partial charge is 0.399 e. The van der Waals surface area contributed by atoms with Gasteiger partial charge in [0.1, 0.15) is 5.15 Å². The Morgan fingerprint density at radius 1 is 0.250 bits per heavy atom. The topological polar surface area (TPSA) is 147 Å². The van der Waals surface area contributed by atoms with Gasteiger partial charge in [-0.25, -0.2) is 39.9 Å². The Bertz CT molecular complexity index is 7870. The van der Waals surface area contributed by atoms with Gasteiger partial charge in [0.2, 0.25) is 0 Å². The summed E-state index contributed by atoms with van der Waals surface area (Å²) in [5, 5.41) is 5.27. The molecule has 0 aliphatic carbocycles. The lowest BCUT2D eigenvalue weighted by Crippen LogP contribution is -2.41. The zero-order valence-electron chi connectivity index (χ0n) is 70.2. The third-order valence-electron chi connectivity index (χ3n) is 23.8. The first kappa shape index (κ1) is 80.1. The number of aromatic nitrogens is 10. The van der Waals surface area contributed by atoms with Crippen LogP contribution in [0.1, 0.15) is 27.7 Å². The fraction of sp³-hybridized carbons (Fsp3) is 0.0536. The van der Waals surface area contributed by atoms with Crippen LogP contribution in [0.15, 0.2) is 401 Å². The van der Waals surface area contributed by atoms with Crippen molar-refractivity contribution in [2.24, 2.45) is 0 Å². The van der Waals surface area contributed by atoms with Crippen molar-refractivity contribution in [1.29, 1.82) is 0 Å². The van der Waals surface area contributed by atoms with Crippen LogP contribution in [0, 0.1) is 0 Å². The average Bonchev–Trinajstić information content (AvgIpc) is 1.54. The van der Waals surface area contributed by atoms with Crippen molar-refractivity contribution in [2.45, 2.75) is 38.9 Å². The van der Waals surface area contributed by atoms with Crippen molar-refractivity contribution in [3.63, 3.8) is 0 Å². The van der Waals surface area contributed by atoms with E-state index in [0.29, 0.717) is 40.1 Å². The molecule has 1 aliphatic heterocycles. The largest absolute Gasteiger partial charge is 0.494 e. The molecule has 0 spiro atoms. The number of pyridine rings is 4. The number of benzene rings is 14. The summed E-state index contributed by atoms with van der Waals surface area (Å²) < 4.78 is 17.3. The molecule has 22 aromatic rings. The molecule has 0 unspecified atom stereocenters. The summed E-state index contributed by atoms with van der Waals surface area (Å²) in [6, 6.07) is 134. The number of thiophene rings is 2. The number of rotatable bonds is 14. The van der Waals surface area contributed by atoms with Crippen LogP contribution in [0.5, 0.6) is 0 Å². The molecule has 12 nitrogen and oxygen atoms in total. The lowest BCUT2D eigenvalue weighted by atomic mass is 9.78. The second kappa shape index (κ2) is 34.5. The van der Waals surface area contributed by atoms with Gasteiger partial charge >= 0.3 is 7.12 Å². The highest BCUT2D eigenvalue weighted by Gasteiger charge is 2.52. The second-order valence-corrected chi connectivity index (χ2v) is 35.0. The lowest BCUT2D eigenvalue weighted by Gasteiger charge is -2.32. The number of nitrogens with zero attached hydrogens (tertiary/aromatic N) is 10. The minimum atomic E-state index is -0.399. The molecular weight excluding hydrogens is 1630 g/mol. The third-order valence-corrected chi connectivity index (χ3v) is 26.6. The minimum absolute atomic E-state index is 0.385. The second-order valence-electron chi connectivity index (χ2n) is 32.6. The van der Waals surface area contributed by atoms with E-state index < -0.39 is 7.12 Å². The Morgan fingerprint density at radius 2 is 0.539 bits per heavy atom. The van der Waals surface area contributed by atoms with Crippen molar-refractivity contribution in [3.05, 3.63) is 406 Å². The van der Waals surface area contributed by atoms with Gasteiger partial charge in [0, 0.05) is 82.3 Å². The van der Waals surface area contributed by atoms with Crippen LogP contribution in [0.3, 0.4) is 0 Å². The van der Waals surface area contributed by atoms with Crippen molar-refractivity contribution < 1.29 is 9.31 Å². The molecule has 0 N–H and O–H groups in total. The Balaban J connectivity index is 0.000000131. The quantitative estimate of drug-likeness (QED) is 0.0754. The van der Waals surface area contributed by atoms with Crippen LogP contribution in [0.2, 0.25) is 5.15 Å². The van der Waals surface area contributed by atoms with E-state index in [1.54, 1.807) is 28.9 Å². The number of hydrogen-bond donors (Lipinski definition) is 0. The third kappa shape index (κ3) is 16.2. The van der Waals surface area contributed by atoms with Gasteiger partial charge in [0.15, 0.2) is 34.9 Å². The molecule has 8 aromatic heterocycles. The van der Waals surface area contributed by atoms with Crippen LogP contribution in [-0.2, 0) is 9.31 Å². The van der Waals surface area contributed by atoms with E-state index in [4.69, 9.17) is 60.8 Å². The highest BCUT2D eigenvalue weighted by molar-refractivity contribution is 7.27. The number of fused-ring (bicyclic) bond motifs is 10. The van der Waals surface area contributed by atoms with Crippen molar-refractivity contribution in [1.82, 2.24) is 49.8 Å². The van der Waals surface area contributed by atoms with Crippen LogP contribution in [-0.4, -0.2) is 68.2 Å². The molecule has 1 aliphatic rings. The Labute approximate surface area is 753 Å². The van der Waals surface area contributed by atoms with Gasteiger partial charge in [-0.05, 0) is 155 Å². The van der Waals surface area contributed by atoms with Gasteiger partial charge in [0.25, 0.3) is 0 Å². The fourth-order valence-electron chi connectivity index (χ4n) is 16.4. The molecule has 9 heterocycles. The van der Waals surface area contributed by atoms with Crippen LogP contribution >= 0.6 is 34.3 Å². The molecule has 0 radical (unpaired) electrons. The predicted octanol–water partition coefficient (Wildman–Crippen LogP) is 28.7. The summed E-state index contributed by atoms with van der Waals surface area (Å²) in [6.07, 6.45) is 3.65. The SMILES string of the molecule is CC1(C)OB(c2cccc(-c3ccc(-c4cccc(-c5nc(-c6ccccc6)nc(-c6ccc(-c7ccccc7)cc6)n5)c4)cc3)c2)OC1(C)C.Clc1nc2cccnc2c2c1sc1ccccc12.c1ccc(-c2ccc(-c3nc(-c4ccccc4)nc(-c4cccc(-c5ccc(-c6cccc(-c7nc8cccnc8c8c7sc7ccccc78)c6)cc5)c4)n3)cc2)cc1. The Hall–Kier alpha value is -15.1. The van der Waals surface area contributed by atoms with Crippen LogP contribution in [0.4, 0.5) is 0 Å². The summed E-state index contributed by atoms with van der Waals surface area (Å²) in [4.78, 5) is 48.7. The van der Waals surface area contributed by atoms with Gasteiger partial charge in [-0.3, -0.25) is 9.97 Å². The molecule has 0 atom stereocenters. The Kier molecular flexibility index (Phi) is 21.6. The molecule has 1 saturated heterocycles. The monoisotopic (exact) mass is 1700 g/mol. The van der Waals surface area contributed by atoms with Crippen LogP contribution in [0.25, 0.3) is 209 Å². The maximum Gasteiger partial charge on any atom is 0.494 e. The van der Waals surface area contributed by atoms with Gasteiger partial charge in [-0.15, -0.1) is 22.7 Å². The van der Waals surface area contributed by atoms with Gasteiger partial charge in [-0.2, -0.15) is 0 Å². The minimum Gasteiger partial charge on any atom is -0.399 e. The molecule has 14 aromatic carbocycles. The zero-order chi connectivity index (χ0) is 86.2. The lowest BCUT2D eigenvalue weighted by molar-refractivity contribution is 0.00578. The number of halogens is 1. The van der Waals surface area contributed by atoms with Crippen molar-refractivity contribution >= 4 is 109 Å². The molecule has 1 fully saturated rings. The molecule has 23 rings (SSSR count). The summed E-state index contributed by atoms with van der Waals surface area (Å²) in [6.45, 7) is 8.32. The van der Waals surface area contributed by atoms with E-state index in [1.165, 1.54) is 36.7 Å². The van der Waals surface area contributed by atoms with Crippen molar-refractivity contribution in [2.75, 3.05) is 0 Å². The highest BCUT2D eigenvalue weighted by Crippen LogP contribution is 2.45. The van der Waals surface area contributed by atoms with Crippen LogP contribution < -0.4 is 5.46 Å². The van der Waals surface area contributed by atoms with Crippen molar-refractivity contribution in [3.8, 4) is 146 Å². The molecule has 610 valence electrons. The predicted molar refractivity (Wildman–Crippen MR) is 529 cm³/mol. The maximum atomic E-state index is 6.32. The average molecular weight is 1710 g/mol. The Morgan fingerprint density at radius 3 is 0.961 bits per heavy atom. The van der Waals surface area contributed by atoms with Gasteiger partial charge in [-0.1, -0.05) is 345 Å². The normalized spacial score (nSPS) is 12.8. The fourth-order valence-corrected chi connectivity index (χ4v) is 19.0. The van der Waals surface area contributed by atoms with E-state index in [0.717, 1.165) is 143 Å². The molecule has 0 bridgehead atoms. The van der Waals surface area contributed by atoms with E-state index in [-0.39, 0.29) is 11.2 Å². The molecule has 16 heteroatoms. The first-order valence-corrected chi connectivity index (χ1v) is 44.5. The summed E-state index contributed by atoms with van der Waals surface area (Å²) in [5.41, 5.74) is 25.1. The first-order chi connectivity index (χ1) is 62.8. The van der Waals surface area contributed by atoms with Gasteiger partial charge in [0.05, 0.1) is 48.4 Å². The maximum absolute atomic E-state index is 6.32. The van der Waals surface area contributed by atoms with E-state index in [9.17, 15) is 0 Å². The number of hydrogen-bond acceptors (Lipinski definition) is 14. The summed E-state index contributed by atoms with van der Waals surface area (Å²) in [5.74, 6) is 3.80. The zero-order valence-corrected chi connectivity index (χ0v) is 72.6. The highest BCUT2D eigenvalue weighted by atomic mass is 35.5. The molecule has 0 saturated carbocycles. The van der Waals surface area contributed by atoms with E-state index >= 15 is 0 Å². The first-order valence-electron chi connectivity index (χ1n) is 42.5. The standard InChI is InChI=1S/C53H33N5S.C45H38BN3O2.C14H7ClN2S/c1-3-12-34(13-4-1)35-27-29-39(30-28-35)52-56-51(38-14-5-2-6-15-38)57-53(58-52)43-19-10-17-41(33-43)37-25-23-36(24-26-37)40-16-9-18-42(32-40)48-50-47(44-20-7-8-22-46(44)59-50)49-45(55-48)21-11-31-54-49;1-44(2)45(3,4)51-46(50-44)40-20-12-18-38(30-40)34-23-21-33(22-24-34)37-17-11-19-39(29-37)43-48-41(35-15-9-6-10-16-35)47-42(49-43)36-27-25-32(26-28-36)31-13-7-5-8-14-31;15-14-13-11(8-4-1-2-6-10(8)18-13)12-9(17-14)5-3-7-16-12/h1-33H;5-30H,1-4H3;1-7H. The molecular formula is C112H78BClN10O2S2. The van der Waals surface area contributed by atoms with E-state index in [1.807, 2.05) is 109 Å². The summed E-state index contributed by atoms with van der Waals surface area (Å²) in [7, 11) is -0.399. The molecule has 0 amide bonds. The summed E-state index contributed by atoms with van der Waals surface area (Å²) >= 11 is 9.73. The van der Waals surface area contributed by atoms with E-state index in [2.05, 4.69) is 323 Å². The molecule has 128 heavy (non-hydrogen) atoms. The van der Waals surface area contributed by atoms with Gasteiger partial charge < -0.3 is 9.31 Å².